The molecule has 162 valence electrons. The maximum absolute atomic E-state index is 13.2. The van der Waals surface area contributed by atoms with E-state index in [1.54, 1.807) is 18.2 Å². The van der Waals surface area contributed by atoms with Crippen LogP contribution < -0.4 is 0 Å². The van der Waals surface area contributed by atoms with Crippen LogP contribution in [0.15, 0.2) is 77.7 Å². The molecule has 1 heterocycles. The summed E-state index contributed by atoms with van der Waals surface area (Å²) in [6, 6.07) is 21.7. The number of nitrogens with zero attached hydrogens (tertiary/aromatic N) is 1. The molecule has 0 radical (unpaired) electrons. The second-order valence-electron chi connectivity index (χ2n) is 8.08. The second-order valence-corrected chi connectivity index (χ2v) is 10.0. The molecule has 3 aromatic carbocycles. The Balaban J connectivity index is 1.56. The van der Waals surface area contributed by atoms with E-state index in [4.69, 9.17) is 0 Å². The predicted molar refractivity (Wildman–Crippen MR) is 118 cm³/mol. The van der Waals surface area contributed by atoms with Gasteiger partial charge in [0.2, 0.25) is 10.0 Å². The van der Waals surface area contributed by atoms with E-state index in [2.05, 4.69) is 0 Å². The van der Waals surface area contributed by atoms with Crippen molar-refractivity contribution in [3.63, 3.8) is 0 Å². The van der Waals surface area contributed by atoms with E-state index in [9.17, 15) is 23.4 Å². The number of sulfonamides is 1. The highest BCUT2D eigenvalue weighted by atomic mass is 32.2. The van der Waals surface area contributed by atoms with Crippen molar-refractivity contribution in [2.45, 2.75) is 35.7 Å². The molecule has 3 aromatic rings. The van der Waals surface area contributed by atoms with Crippen LogP contribution in [-0.2, 0) is 14.8 Å². The van der Waals surface area contributed by atoms with Gasteiger partial charge in [0.05, 0.1) is 16.9 Å². The molecule has 0 aliphatic carbocycles. The van der Waals surface area contributed by atoms with Crippen molar-refractivity contribution < 1.29 is 23.4 Å². The van der Waals surface area contributed by atoms with Crippen molar-refractivity contribution in [2.24, 2.45) is 0 Å². The number of aliphatic hydroxyl groups is 1. The Labute approximate surface area is 181 Å². The lowest BCUT2D eigenvalue weighted by atomic mass is 9.74. The van der Waals surface area contributed by atoms with Crippen molar-refractivity contribution in [2.75, 3.05) is 13.1 Å². The predicted octanol–water partition coefficient (Wildman–Crippen LogP) is 3.61. The zero-order chi connectivity index (χ0) is 22.1. The SMILES string of the molecule is O=C(O)CC(c1ccccc1)C1(O)CCN(S(=O)(=O)c2ccc3ccccc3c2)CC1. The average molecular weight is 440 g/mol. The Morgan fingerprint density at radius 3 is 2.19 bits per heavy atom. The van der Waals surface area contributed by atoms with Crippen LogP contribution in [0.3, 0.4) is 0 Å². The van der Waals surface area contributed by atoms with Crippen LogP contribution in [0.5, 0.6) is 0 Å². The van der Waals surface area contributed by atoms with E-state index in [0.717, 1.165) is 16.3 Å². The van der Waals surface area contributed by atoms with Gasteiger partial charge in [-0.3, -0.25) is 4.79 Å². The molecule has 7 heteroatoms. The van der Waals surface area contributed by atoms with Crippen molar-refractivity contribution >= 4 is 26.8 Å². The standard InChI is InChI=1S/C24H25NO5S/c26-23(27)17-22(19-7-2-1-3-8-19)24(28)12-14-25(15-13-24)31(29,30)21-11-10-18-6-4-5-9-20(18)16-21/h1-11,16,22,28H,12-15,17H2,(H,26,27). The summed E-state index contributed by atoms with van der Waals surface area (Å²) in [5.41, 5.74) is -0.534. The van der Waals surface area contributed by atoms with Crippen molar-refractivity contribution in [1.82, 2.24) is 4.31 Å². The molecule has 0 aromatic heterocycles. The normalized spacial score (nSPS) is 18.0. The smallest absolute Gasteiger partial charge is 0.304 e. The first-order chi connectivity index (χ1) is 14.8. The second kappa shape index (κ2) is 8.42. The number of carbonyl (C=O) groups is 1. The fourth-order valence-electron chi connectivity index (χ4n) is 4.42. The quantitative estimate of drug-likeness (QED) is 0.612. The third-order valence-corrected chi connectivity index (χ3v) is 8.07. The minimum absolute atomic E-state index is 0.134. The van der Waals surface area contributed by atoms with E-state index in [1.807, 2.05) is 54.6 Å². The Kier molecular flexibility index (Phi) is 5.83. The molecular formula is C24H25NO5S. The lowest BCUT2D eigenvalue weighted by molar-refractivity contribution is -0.140. The topological polar surface area (TPSA) is 94.9 Å². The lowest BCUT2D eigenvalue weighted by Crippen LogP contribution is -2.50. The minimum Gasteiger partial charge on any atom is -0.481 e. The number of piperidine rings is 1. The van der Waals surface area contributed by atoms with Gasteiger partial charge in [0.25, 0.3) is 0 Å². The van der Waals surface area contributed by atoms with Gasteiger partial charge in [-0.15, -0.1) is 0 Å². The molecule has 1 saturated heterocycles. The van der Waals surface area contributed by atoms with Crippen LogP contribution in [0.2, 0.25) is 0 Å². The van der Waals surface area contributed by atoms with Gasteiger partial charge in [-0.05, 0) is 41.3 Å². The summed E-state index contributed by atoms with van der Waals surface area (Å²) in [4.78, 5) is 11.7. The minimum atomic E-state index is -3.71. The molecule has 1 aliphatic rings. The van der Waals surface area contributed by atoms with Gasteiger partial charge < -0.3 is 10.2 Å². The van der Waals surface area contributed by atoms with Crippen LogP contribution in [0.25, 0.3) is 10.8 Å². The van der Waals surface area contributed by atoms with Crippen LogP contribution in [0, 0.1) is 0 Å². The molecule has 0 spiro atoms. The molecule has 6 nitrogen and oxygen atoms in total. The monoisotopic (exact) mass is 439 g/mol. The van der Waals surface area contributed by atoms with Crippen LogP contribution >= 0.6 is 0 Å². The molecule has 1 unspecified atom stereocenters. The molecule has 1 fully saturated rings. The first kappa shape index (κ1) is 21.5. The van der Waals surface area contributed by atoms with Gasteiger partial charge >= 0.3 is 5.97 Å². The summed E-state index contributed by atoms with van der Waals surface area (Å²) in [6.07, 6.45) is 0.136. The number of fused-ring (bicyclic) bond motifs is 1. The largest absolute Gasteiger partial charge is 0.481 e. The van der Waals surface area contributed by atoms with Gasteiger partial charge in [0.15, 0.2) is 0 Å². The fraction of sp³-hybridized carbons (Fsp3) is 0.292. The van der Waals surface area contributed by atoms with Gasteiger partial charge in [-0.25, -0.2) is 8.42 Å². The van der Waals surface area contributed by atoms with Gasteiger partial charge in [0.1, 0.15) is 0 Å². The third-order valence-electron chi connectivity index (χ3n) is 6.18. The average Bonchev–Trinajstić information content (AvgIpc) is 2.78. The van der Waals surface area contributed by atoms with E-state index in [0.29, 0.717) is 0 Å². The number of carboxylic acid groups (broad SMARTS) is 1. The van der Waals surface area contributed by atoms with E-state index < -0.39 is 27.5 Å². The molecule has 0 saturated carbocycles. The Morgan fingerprint density at radius 1 is 0.935 bits per heavy atom. The summed E-state index contributed by atoms with van der Waals surface area (Å²) >= 11 is 0. The van der Waals surface area contributed by atoms with Crippen molar-refractivity contribution in [1.29, 1.82) is 0 Å². The van der Waals surface area contributed by atoms with Gasteiger partial charge in [-0.1, -0.05) is 60.7 Å². The molecule has 4 rings (SSSR count). The Hall–Kier alpha value is -2.74. The first-order valence-corrected chi connectivity index (χ1v) is 11.7. The number of benzene rings is 3. The van der Waals surface area contributed by atoms with Crippen LogP contribution in [0.4, 0.5) is 0 Å². The highest BCUT2D eigenvalue weighted by Gasteiger charge is 2.43. The number of hydrogen-bond donors (Lipinski definition) is 2. The summed E-state index contributed by atoms with van der Waals surface area (Å²) in [5.74, 6) is -1.59. The van der Waals surface area contributed by atoms with E-state index >= 15 is 0 Å². The zero-order valence-corrected chi connectivity index (χ0v) is 17.8. The van der Waals surface area contributed by atoms with Gasteiger partial charge in [0, 0.05) is 19.0 Å². The highest BCUT2D eigenvalue weighted by Crippen LogP contribution is 2.40. The highest BCUT2D eigenvalue weighted by molar-refractivity contribution is 7.89. The Morgan fingerprint density at radius 2 is 1.55 bits per heavy atom. The molecule has 31 heavy (non-hydrogen) atoms. The van der Waals surface area contributed by atoms with Crippen LogP contribution in [0.1, 0.15) is 30.7 Å². The summed E-state index contributed by atoms with van der Waals surface area (Å²) in [5, 5.41) is 22.5. The molecule has 2 N–H and O–H groups in total. The molecule has 0 bridgehead atoms. The number of carboxylic acids is 1. The molecule has 1 atom stereocenters. The summed E-state index contributed by atoms with van der Waals surface area (Å²) in [6.45, 7) is 0.267. The maximum atomic E-state index is 13.2. The molecular weight excluding hydrogens is 414 g/mol. The molecule has 1 aliphatic heterocycles. The van der Waals surface area contributed by atoms with Crippen LogP contribution in [-0.4, -0.2) is 47.6 Å². The first-order valence-electron chi connectivity index (χ1n) is 10.3. The lowest BCUT2D eigenvalue weighted by Gasteiger charge is -2.42. The number of hydrogen-bond acceptors (Lipinski definition) is 4. The number of aliphatic carboxylic acids is 1. The summed E-state index contributed by atoms with van der Waals surface area (Å²) in [7, 11) is -3.71. The maximum Gasteiger partial charge on any atom is 0.304 e. The van der Waals surface area contributed by atoms with E-state index in [1.165, 1.54) is 4.31 Å². The van der Waals surface area contributed by atoms with Crippen molar-refractivity contribution in [3.8, 4) is 0 Å². The summed E-state index contributed by atoms with van der Waals surface area (Å²) < 4.78 is 27.8. The van der Waals surface area contributed by atoms with Gasteiger partial charge in [-0.2, -0.15) is 4.31 Å². The zero-order valence-electron chi connectivity index (χ0n) is 17.0. The third kappa shape index (κ3) is 4.35. The Bertz CT molecular complexity index is 1180. The van der Waals surface area contributed by atoms with E-state index in [-0.39, 0.29) is 37.2 Å². The number of rotatable bonds is 6. The fourth-order valence-corrected chi connectivity index (χ4v) is 5.89. The molecule has 0 amide bonds. The van der Waals surface area contributed by atoms with Crippen molar-refractivity contribution in [3.05, 3.63) is 78.4 Å².